The molecular formula is C9H9BrN2O3. The highest BCUT2D eigenvalue weighted by atomic mass is 79.9. The Kier molecular flexibility index (Phi) is 2.77. The largest absolute Gasteiger partial charge is 0.457 e. The third-order valence-electron chi connectivity index (χ3n) is 2.18. The highest BCUT2D eigenvalue weighted by Crippen LogP contribution is 2.17. The average Bonchev–Trinajstić information content (AvgIpc) is 2.75. The highest BCUT2D eigenvalue weighted by Gasteiger charge is 2.24. The lowest BCUT2D eigenvalue weighted by molar-refractivity contribution is -0.119. The molecule has 0 bridgehead atoms. The van der Waals surface area contributed by atoms with Crippen molar-refractivity contribution < 1.29 is 14.0 Å². The van der Waals surface area contributed by atoms with Gasteiger partial charge in [-0.25, -0.2) is 0 Å². The van der Waals surface area contributed by atoms with Gasteiger partial charge in [0.15, 0.2) is 4.67 Å². The molecule has 2 heterocycles. The Morgan fingerprint density at radius 3 is 3.00 bits per heavy atom. The third-order valence-corrected chi connectivity index (χ3v) is 2.79. The number of halogens is 1. The van der Waals surface area contributed by atoms with Gasteiger partial charge in [-0.1, -0.05) is 0 Å². The van der Waals surface area contributed by atoms with Crippen molar-refractivity contribution in [2.75, 3.05) is 6.54 Å². The van der Waals surface area contributed by atoms with Crippen LogP contribution in [0.1, 0.15) is 16.8 Å². The molecule has 2 N–H and O–H groups in total. The minimum Gasteiger partial charge on any atom is -0.457 e. The molecule has 0 aromatic carbocycles. The number of hydrogen-bond donors (Lipinski definition) is 2. The second-order valence-electron chi connectivity index (χ2n) is 3.29. The lowest BCUT2D eigenvalue weighted by atomic mass is 10.2. The Morgan fingerprint density at radius 2 is 2.47 bits per heavy atom. The summed E-state index contributed by atoms with van der Waals surface area (Å²) in [5.74, 6) is -0.274. The van der Waals surface area contributed by atoms with E-state index >= 15 is 0 Å². The Labute approximate surface area is 94.3 Å². The van der Waals surface area contributed by atoms with E-state index in [1.165, 1.54) is 6.26 Å². The summed E-state index contributed by atoms with van der Waals surface area (Å²) in [6.07, 6.45) is 1.76. The van der Waals surface area contributed by atoms with Crippen molar-refractivity contribution in [3.8, 4) is 0 Å². The van der Waals surface area contributed by atoms with Crippen LogP contribution in [0.4, 0.5) is 0 Å². The van der Waals surface area contributed by atoms with E-state index in [0.717, 1.165) is 0 Å². The van der Waals surface area contributed by atoms with Crippen molar-refractivity contribution in [2.24, 2.45) is 0 Å². The highest BCUT2D eigenvalue weighted by molar-refractivity contribution is 9.10. The lowest BCUT2D eigenvalue weighted by Crippen LogP contribution is -2.36. The molecule has 1 atom stereocenters. The predicted octanol–water partition coefficient (Wildman–Crippen LogP) is 0.660. The molecule has 0 saturated carbocycles. The number of furan rings is 1. The molecule has 15 heavy (non-hydrogen) atoms. The second-order valence-corrected chi connectivity index (χ2v) is 4.01. The summed E-state index contributed by atoms with van der Waals surface area (Å²) in [7, 11) is 0. The summed E-state index contributed by atoms with van der Waals surface area (Å²) >= 11 is 3.12. The number of carbonyl (C=O) groups excluding carboxylic acids is 2. The summed E-state index contributed by atoms with van der Waals surface area (Å²) in [5.41, 5.74) is 0.439. The summed E-state index contributed by atoms with van der Waals surface area (Å²) in [6, 6.07) is 1.44. The van der Waals surface area contributed by atoms with Crippen LogP contribution in [0.5, 0.6) is 0 Å². The monoisotopic (exact) mass is 272 g/mol. The summed E-state index contributed by atoms with van der Waals surface area (Å²) < 4.78 is 5.34. The van der Waals surface area contributed by atoms with E-state index in [9.17, 15) is 9.59 Å². The van der Waals surface area contributed by atoms with Gasteiger partial charge in [-0.15, -0.1) is 0 Å². The zero-order valence-corrected chi connectivity index (χ0v) is 9.33. The van der Waals surface area contributed by atoms with Gasteiger partial charge in [-0.3, -0.25) is 9.59 Å². The fourth-order valence-corrected chi connectivity index (χ4v) is 1.85. The molecule has 2 rings (SSSR count). The van der Waals surface area contributed by atoms with E-state index in [4.69, 9.17) is 4.42 Å². The Balaban J connectivity index is 1.98. The number of carbonyl (C=O) groups is 2. The SMILES string of the molecule is O=C1CC(NC(=O)c2ccoc2Br)CN1. The fraction of sp³-hybridized carbons (Fsp3) is 0.333. The maximum absolute atomic E-state index is 11.6. The van der Waals surface area contributed by atoms with Crippen molar-refractivity contribution in [3.63, 3.8) is 0 Å². The third kappa shape index (κ3) is 2.20. The summed E-state index contributed by atoms with van der Waals surface area (Å²) in [4.78, 5) is 22.5. The molecule has 1 aromatic heterocycles. The van der Waals surface area contributed by atoms with Crippen LogP contribution in [0.25, 0.3) is 0 Å². The molecular weight excluding hydrogens is 264 g/mol. The Morgan fingerprint density at radius 1 is 1.67 bits per heavy atom. The van der Waals surface area contributed by atoms with Crippen LogP contribution in [0.3, 0.4) is 0 Å². The van der Waals surface area contributed by atoms with E-state index in [0.29, 0.717) is 23.2 Å². The summed E-state index contributed by atoms with van der Waals surface area (Å²) in [6.45, 7) is 0.486. The number of amides is 2. The van der Waals surface area contributed by atoms with E-state index < -0.39 is 0 Å². The van der Waals surface area contributed by atoms with Crippen LogP contribution < -0.4 is 10.6 Å². The van der Waals surface area contributed by atoms with Crippen LogP contribution in [-0.4, -0.2) is 24.4 Å². The topological polar surface area (TPSA) is 71.3 Å². The maximum atomic E-state index is 11.6. The zero-order chi connectivity index (χ0) is 10.8. The van der Waals surface area contributed by atoms with Crippen LogP contribution in [0.15, 0.2) is 21.4 Å². The molecule has 1 saturated heterocycles. The van der Waals surface area contributed by atoms with Gasteiger partial charge in [0.2, 0.25) is 5.91 Å². The minimum atomic E-state index is -0.239. The predicted molar refractivity (Wildman–Crippen MR) is 55.3 cm³/mol. The van der Waals surface area contributed by atoms with Crippen molar-refractivity contribution in [1.29, 1.82) is 0 Å². The smallest absolute Gasteiger partial charge is 0.256 e. The minimum absolute atomic E-state index is 0.0356. The molecule has 0 aliphatic carbocycles. The van der Waals surface area contributed by atoms with E-state index in [1.54, 1.807) is 6.07 Å². The zero-order valence-electron chi connectivity index (χ0n) is 7.75. The molecule has 1 fully saturated rings. The lowest BCUT2D eigenvalue weighted by Gasteiger charge is -2.08. The first-order valence-electron chi connectivity index (χ1n) is 4.47. The quantitative estimate of drug-likeness (QED) is 0.831. The standard InChI is InChI=1S/C9H9BrN2O3/c10-8-6(1-2-15-8)9(14)12-5-3-7(13)11-4-5/h1-2,5H,3-4H2,(H,11,13)(H,12,14). The van der Waals surface area contributed by atoms with Gasteiger partial charge in [0.05, 0.1) is 17.9 Å². The first kappa shape index (κ1) is 10.2. The molecule has 1 aromatic rings. The normalized spacial score (nSPS) is 20.1. The van der Waals surface area contributed by atoms with Gasteiger partial charge in [-0.2, -0.15) is 0 Å². The van der Waals surface area contributed by atoms with Crippen LogP contribution in [0, 0.1) is 0 Å². The molecule has 0 spiro atoms. The number of rotatable bonds is 2. The van der Waals surface area contributed by atoms with Crippen LogP contribution >= 0.6 is 15.9 Å². The fourth-order valence-electron chi connectivity index (χ4n) is 1.43. The van der Waals surface area contributed by atoms with Crippen molar-refractivity contribution in [2.45, 2.75) is 12.5 Å². The number of hydrogen-bond acceptors (Lipinski definition) is 3. The Hall–Kier alpha value is -1.30. The molecule has 5 nitrogen and oxygen atoms in total. The molecule has 6 heteroatoms. The van der Waals surface area contributed by atoms with Gasteiger partial charge < -0.3 is 15.1 Å². The molecule has 1 unspecified atom stereocenters. The van der Waals surface area contributed by atoms with Gasteiger partial charge in [0, 0.05) is 13.0 Å². The molecule has 80 valence electrons. The van der Waals surface area contributed by atoms with Crippen LogP contribution in [0.2, 0.25) is 0 Å². The van der Waals surface area contributed by atoms with Crippen molar-refractivity contribution >= 4 is 27.7 Å². The molecule has 0 radical (unpaired) electrons. The second kappa shape index (κ2) is 4.06. The molecule has 1 aliphatic rings. The van der Waals surface area contributed by atoms with E-state index in [-0.39, 0.29) is 17.9 Å². The first-order chi connectivity index (χ1) is 7.16. The Bertz CT molecular complexity index is 402. The first-order valence-corrected chi connectivity index (χ1v) is 5.26. The van der Waals surface area contributed by atoms with Gasteiger partial charge >= 0.3 is 0 Å². The molecule has 1 aliphatic heterocycles. The van der Waals surface area contributed by atoms with E-state index in [1.807, 2.05) is 0 Å². The number of nitrogens with one attached hydrogen (secondary N) is 2. The summed E-state index contributed by atoms with van der Waals surface area (Å²) in [5, 5.41) is 5.39. The molecule has 2 amide bonds. The average molecular weight is 273 g/mol. The van der Waals surface area contributed by atoms with Gasteiger partial charge in [0.1, 0.15) is 0 Å². The van der Waals surface area contributed by atoms with Crippen molar-refractivity contribution in [3.05, 3.63) is 22.6 Å². The van der Waals surface area contributed by atoms with Crippen LogP contribution in [-0.2, 0) is 4.79 Å². The maximum Gasteiger partial charge on any atom is 0.256 e. The van der Waals surface area contributed by atoms with Gasteiger partial charge in [0.25, 0.3) is 5.91 Å². The van der Waals surface area contributed by atoms with E-state index in [2.05, 4.69) is 26.6 Å². The van der Waals surface area contributed by atoms with Gasteiger partial charge in [-0.05, 0) is 22.0 Å². The van der Waals surface area contributed by atoms with Crippen molar-refractivity contribution in [1.82, 2.24) is 10.6 Å².